The molecule has 2 aliphatic rings. The summed E-state index contributed by atoms with van der Waals surface area (Å²) in [7, 11) is 0. The first-order chi connectivity index (χ1) is 15.9. The van der Waals surface area contributed by atoms with Crippen molar-refractivity contribution in [3.63, 3.8) is 0 Å². The summed E-state index contributed by atoms with van der Waals surface area (Å²) >= 11 is 0. The molecule has 0 bridgehead atoms. The molecule has 1 aliphatic carbocycles. The van der Waals surface area contributed by atoms with Crippen LogP contribution in [0.3, 0.4) is 0 Å². The first kappa shape index (κ1) is 22.9. The maximum absolute atomic E-state index is 13.2. The van der Waals surface area contributed by atoms with E-state index in [-0.39, 0.29) is 23.1 Å². The summed E-state index contributed by atoms with van der Waals surface area (Å²) in [6.07, 6.45) is 4.80. The smallest absolute Gasteiger partial charge is 0.295 e. The lowest BCUT2D eigenvalue weighted by Gasteiger charge is -2.35. The van der Waals surface area contributed by atoms with E-state index in [0.29, 0.717) is 29.4 Å². The predicted molar refractivity (Wildman–Crippen MR) is 126 cm³/mol. The van der Waals surface area contributed by atoms with E-state index in [9.17, 15) is 19.8 Å². The van der Waals surface area contributed by atoms with Crippen LogP contribution in [0.2, 0.25) is 0 Å². The quantitative estimate of drug-likeness (QED) is 0.360. The Kier molecular flexibility index (Phi) is 6.72. The maximum Gasteiger partial charge on any atom is 0.295 e. The molecule has 4 rings (SSSR count). The van der Waals surface area contributed by atoms with Gasteiger partial charge in [-0.15, -0.1) is 0 Å². The lowest BCUT2D eigenvalue weighted by atomic mass is 9.91. The maximum atomic E-state index is 13.2. The van der Waals surface area contributed by atoms with Crippen LogP contribution < -0.4 is 4.74 Å². The Morgan fingerprint density at radius 3 is 2.42 bits per heavy atom. The molecule has 1 aliphatic heterocycles. The summed E-state index contributed by atoms with van der Waals surface area (Å²) in [5, 5.41) is 21.1. The van der Waals surface area contributed by atoms with Crippen molar-refractivity contribution in [1.29, 1.82) is 0 Å². The summed E-state index contributed by atoms with van der Waals surface area (Å²) in [6.45, 7) is 4.63. The average Bonchev–Trinajstić information content (AvgIpc) is 3.09. The fraction of sp³-hybridized carbons (Fsp3) is 0.407. The molecule has 1 unspecified atom stereocenters. The Hall–Kier alpha value is -3.28. The Bertz CT molecular complexity index is 1050. The van der Waals surface area contributed by atoms with Crippen LogP contribution in [0, 0.1) is 5.92 Å². The molecule has 6 heteroatoms. The highest BCUT2D eigenvalue weighted by atomic mass is 16.5. The van der Waals surface area contributed by atoms with E-state index in [4.69, 9.17) is 4.74 Å². The number of carbonyl (C=O) groups excluding carboxylic acids is 2. The number of ketones is 1. The Morgan fingerprint density at radius 1 is 1.06 bits per heavy atom. The number of ether oxygens (including phenoxy) is 1. The molecule has 1 heterocycles. The van der Waals surface area contributed by atoms with E-state index in [1.807, 2.05) is 13.8 Å². The number of phenols is 1. The van der Waals surface area contributed by atoms with Gasteiger partial charge in [-0.2, -0.15) is 0 Å². The van der Waals surface area contributed by atoms with Gasteiger partial charge < -0.3 is 19.8 Å². The first-order valence-electron chi connectivity index (χ1n) is 11.7. The molecule has 6 nitrogen and oxygen atoms in total. The zero-order valence-corrected chi connectivity index (χ0v) is 19.2. The van der Waals surface area contributed by atoms with Crippen LogP contribution in [0.5, 0.6) is 11.5 Å². The average molecular weight is 450 g/mol. The highest BCUT2D eigenvalue weighted by Crippen LogP contribution is 2.43. The number of amides is 1. The van der Waals surface area contributed by atoms with Gasteiger partial charge in [-0.05, 0) is 48.6 Å². The predicted octanol–water partition coefficient (Wildman–Crippen LogP) is 5.18. The molecule has 1 saturated carbocycles. The monoisotopic (exact) mass is 449 g/mol. The second kappa shape index (κ2) is 9.69. The van der Waals surface area contributed by atoms with E-state index < -0.39 is 17.7 Å². The third kappa shape index (κ3) is 4.75. The number of nitrogens with zero attached hydrogens (tertiary/aromatic N) is 1. The van der Waals surface area contributed by atoms with Crippen molar-refractivity contribution >= 4 is 17.4 Å². The molecule has 1 atom stereocenters. The normalized spacial score (nSPS) is 21.1. The van der Waals surface area contributed by atoms with Crippen LogP contribution in [0.4, 0.5) is 0 Å². The van der Waals surface area contributed by atoms with Crippen molar-refractivity contribution in [2.45, 2.75) is 58.0 Å². The van der Waals surface area contributed by atoms with Crippen molar-refractivity contribution in [3.8, 4) is 11.5 Å². The molecule has 0 aromatic heterocycles. The highest BCUT2D eigenvalue weighted by molar-refractivity contribution is 6.46. The number of hydrogen-bond donors (Lipinski definition) is 2. The van der Waals surface area contributed by atoms with Gasteiger partial charge in [0.2, 0.25) is 0 Å². The number of aliphatic hydroxyl groups is 1. The Morgan fingerprint density at radius 2 is 1.76 bits per heavy atom. The number of phenolic OH excluding ortho intramolecular Hbond substituents is 1. The van der Waals surface area contributed by atoms with Gasteiger partial charge in [-0.3, -0.25) is 9.59 Å². The number of likely N-dealkylation sites (tertiary alicyclic amines) is 1. The second-order valence-corrected chi connectivity index (χ2v) is 9.32. The molecule has 1 amide bonds. The van der Waals surface area contributed by atoms with Gasteiger partial charge in [-0.25, -0.2) is 0 Å². The minimum absolute atomic E-state index is 0.0555. The number of carbonyl (C=O) groups is 2. The van der Waals surface area contributed by atoms with E-state index in [1.54, 1.807) is 41.3 Å². The molecule has 1 saturated heterocycles. The topological polar surface area (TPSA) is 87.1 Å². The van der Waals surface area contributed by atoms with Crippen LogP contribution >= 0.6 is 0 Å². The van der Waals surface area contributed by atoms with E-state index in [2.05, 4.69) is 0 Å². The summed E-state index contributed by atoms with van der Waals surface area (Å²) in [6, 6.07) is 12.7. The van der Waals surface area contributed by atoms with Crippen LogP contribution in [-0.2, 0) is 9.59 Å². The van der Waals surface area contributed by atoms with Gasteiger partial charge in [-0.1, -0.05) is 57.4 Å². The first-order valence-corrected chi connectivity index (χ1v) is 11.7. The van der Waals surface area contributed by atoms with Gasteiger partial charge in [0.15, 0.2) is 0 Å². The van der Waals surface area contributed by atoms with Crippen molar-refractivity contribution < 1.29 is 24.5 Å². The van der Waals surface area contributed by atoms with Crippen molar-refractivity contribution in [2.75, 3.05) is 6.61 Å². The van der Waals surface area contributed by atoms with E-state index >= 15 is 0 Å². The molecule has 0 radical (unpaired) electrons. The molecule has 2 aromatic rings. The summed E-state index contributed by atoms with van der Waals surface area (Å²) in [5.74, 6) is -0.422. The molecule has 0 spiro atoms. The lowest BCUT2D eigenvalue weighted by Crippen LogP contribution is -2.40. The van der Waals surface area contributed by atoms with Crippen LogP contribution in [0.1, 0.15) is 63.1 Å². The van der Waals surface area contributed by atoms with Crippen molar-refractivity contribution in [3.05, 3.63) is 65.2 Å². The summed E-state index contributed by atoms with van der Waals surface area (Å²) < 4.78 is 5.79. The lowest BCUT2D eigenvalue weighted by molar-refractivity contribution is -0.141. The van der Waals surface area contributed by atoms with E-state index in [1.165, 1.54) is 12.1 Å². The van der Waals surface area contributed by atoms with Crippen LogP contribution in [0.15, 0.2) is 54.1 Å². The number of benzene rings is 2. The van der Waals surface area contributed by atoms with Crippen LogP contribution in [0.25, 0.3) is 5.76 Å². The third-order valence-corrected chi connectivity index (χ3v) is 6.35. The molecule has 2 fully saturated rings. The van der Waals surface area contributed by atoms with Gasteiger partial charge in [0.05, 0.1) is 18.2 Å². The molecule has 2 aromatic carbocycles. The third-order valence-electron chi connectivity index (χ3n) is 6.35. The molecular weight excluding hydrogens is 418 g/mol. The second-order valence-electron chi connectivity index (χ2n) is 9.32. The van der Waals surface area contributed by atoms with Gasteiger partial charge in [0, 0.05) is 11.6 Å². The van der Waals surface area contributed by atoms with Crippen molar-refractivity contribution in [2.24, 2.45) is 5.92 Å². The van der Waals surface area contributed by atoms with Gasteiger partial charge >= 0.3 is 0 Å². The number of Topliss-reactive ketones (excluding diaryl/α,β-unsaturated/α-hetero) is 1. The molecule has 2 N–H and O–H groups in total. The zero-order valence-electron chi connectivity index (χ0n) is 19.2. The van der Waals surface area contributed by atoms with Crippen LogP contribution in [-0.4, -0.2) is 39.5 Å². The van der Waals surface area contributed by atoms with Gasteiger partial charge in [0.1, 0.15) is 17.3 Å². The van der Waals surface area contributed by atoms with Gasteiger partial charge in [0.25, 0.3) is 11.7 Å². The number of hydrogen-bond acceptors (Lipinski definition) is 5. The molecule has 174 valence electrons. The summed E-state index contributed by atoms with van der Waals surface area (Å²) in [4.78, 5) is 28.1. The van der Waals surface area contributed by atoms with E-state index in [0.717, 1.165) is 32.1 Å². The molecule has 33 heavy (non-hydrogen) atoms. The fourth-order valence-corrected chi connectivity index (χ4v) is 4.72. The SMILES string of the molecule is CC(C)COc1cccc(/C(O)=C2/C(=O)C(=O)N(C3CCCCC3)C2c2ccc(O)cc2)c1. The van der Waals surface area contributed by atoms with Crippen molar-refractivity contribution in [1.82, 2.24) is 4.90 Å². The Balaban J connectivity index is 1.79. The number of aliphatic hydroxyl groups excluding tert-OH is 1. The minimum atomic E-state index is -0.700. The highest BCUT2D eigenvalue weighted by Gasteiger charge is 2.48. The minimum Gasteiger partial charge on any atom is -0.508 e. The Labute approximate surface area is 194 Å². The number of rotatable bonds is 6. The zero-order chi connectivity index (χ0) is 23.5. The molecular formula is C27H31NO5. The number of aromatic hydroxyl groups is 1. The fourth-order valence-electron chi connectivity index (χ4n) is 4.72. The summed E-state index contributed by atoms with van der Waals surface area (Å²) in [5.41, 5.74) is 1.20. The standard InChI is InChI=1S/C27H31NO5/c1-17(2)16-33-22-10-6-7-19(15-22)25(30)23-24(18-11-13-21(29)14-12-18)28(27(32)26(23)31)20-8-4-3-5-9-20/h6-7,10-15,17,20,24,29-30H,3-5,8-9,16H2,1-2H3/b25-23-. The largest absolute Gasteiger partial charge is 0.508 e.